The van der Waals surface area contributed by atoms with Crippen molar-refractivity contribution in [1.29, 1.82) is 0 Å². The number of hydrogen-bond acceptors (Lipinski definition) is 4. The molecular weight excluding hydrogens is 276 g/mol. The molecule has 1 unspecified atom stereocenters. The second kappa shape index (κ2) is 10.1. The summed E-state index contributed by atoms with van der Waals surface area (Å²) in [6, 6.07) is 0. The van der Waals surface area contributed by atoms with E-state index in [2.05, 4.69) is 0 Å². The highest BCUT2D eigenvalue weighted by Crippen LogP contribution is 2.04. The predicted molar refractivity (Wildman–Crippen MR) is 77.8 cm³/mol. The summed E-state index contributed by atoms with van der Waals surface area (Å²) in [5.41, 5.74) is 0. The average Bonchev–Trinajstić information content (AvgIpc) is 2.41. The van der Waals surface area contributed by atoms with E-state index in [4.69, 9.17) is 9.84 Å². The van der Waals surface area contributed by atoms with Crippen molar-refractivity contribution in [2.24, 2.45) is 5.92 Å². The van der Waals surface area contributed by atoms with Gasteiger partial charge >= 0.3 is 5.97 Å². The highest BCUT2D eigenvalue weighted by Gasteiger charge is 2.21. The number of hydrogen-bond donors (Lipinski definition) is 1. The number of ether oxygens (including phenoxy) is 1. The van der Waals surface area contributed by atoms with Crippen LogP contribution in [-0.4, -0.2) is 72.6 Å². The number of carboxylic acids is 1. The maximum atomic E-state index is 12.2. The summed E-state index contributed by atoms with van der Waals surface area (Å²) >= 11 is 0. The molecule has 0 bridgehead atoms. The van der Waals surface area contributed by atoms with Gasteiger partial charge in [-0.2, -0.15) is 0 Å². The molecule has 0 aromatic heterocycles. The third-order valence-electron chi connectivity index (χ3n) is 3.10. The lowest BCUT2D eigenvalue weighted by Gasteiger charge is -2.26. The number of carboxylic acid groups (broad SMARTS) is 1. The Morgan fingerprint density at radius 1 is 1.29 bits per heavy atom. The van der Waals surface area contributed by atoms with Crippen LogP contribution in [0.25, 0.3) is 0 Å². The Morgan fingerprint density at radius 3 is 2.38 bits per heavy atom. The van der Waals surface area contributed by atoms with Crippen molar-refractivity contribution < 1.29 is 24.2 Å². The van der Waals surface area contributed by atoms with Crippen LogP contribution in [0.5, 0.6) is 0 Å². The quantitative estimate of drug-likeness (QED) is 0.592. The van der Waals surface area contributed by atoms with Crippen molar-refractivity contribution in [3.63, 3.8) is 0 Å². The summed E-state index contributed by atoms with van der Waals surface area (Å²) in [6.07, 6.45) is 0.635. The van der Waals surface area contributed by atoms with Gasteiger partial charge in [0.05, 0.1) is 12.5 Å². The van der Waals surface area contributed by atoms with Crippen LogP contribution in [0.15, 0.2) is 0 Å². The average molecular weight is 302 g/mol. The summed E-state index contributed by atoms with van der Waals surface area (Å²) in [6.45, 7) is 6.45. The molecule has 0 heterocycles. The maximum absolute atomic E-state index is 12.2. The van der Waals surface area contributed by atoms with Gasteiger partial charge in [-0.1, -0.05) is 6.92 Å². The molecule has 7 heteroatoms. The Bertz CT molecular complexity index is 359. The third kappa shape index (κ3) is 8.29. The van der Waals surface area contributed by atoms with E-state index in [9.17, 15) is 14.4 Å². The number of aliphatic carboxylic acids is 1. The smallest absolute Gasteiger partial charge is 0.308 e. The van der Waals surface area contributed by atoms with E-state index in [1.165, 1.54) is 16.7 Å². The van der Waals surface area contributed by atoms with Gasteiger partial charge in [0.2, 0.25) is 11.8 Å². The van der Waals surface area contributed by atoms with Gasteiger partial charge in [0.15, 0.2) is 0 Å². The number of likely N-dealkylation sites (N-methyl/N-ethyl adjacent to an activating group) is 1. The number of carbonyl (C=O) groups is 3. The first-order valence-electron chi connectivity index (χ1n) is 7.09. The van der Waals surface area contributed by atoms with Crippen molar-refractivity contribution in [3.8, 4) is 0 Å². The van der Waals surface area contributed by atoms with Gasteiger partial charge in [-0.3, -0.25) is 14.4 Å². The van der Waals surface area contributed by atoms with E-state index in [1.54, 1.807) is 14.0 Å². The third-order valence-corrected chi connectivity index (χ3v) is 3.10. The molecule has 21 heavy (non-hydrogen) atoms. The Morgan fingerprint density at radius 2 is 1.90 bits per heavy atom. The molecule has 2 amide bonds. The molecule has 0 radical (unpaired) electrons. The second-order valence-electron chi connectivity index (χ2n) is 5.00. The van der Waals surface area contributed by atoms with Crippen LogP contribution in [0.3, 0.4) is 0 Å². The summed E-state index contributed by atoms with van der Waals surface area (Å²) in [5, 5.41) is 8.97. The van der Waals surface area contributed by atoms with Crippen molar-refractivity contribution in [2.75, 3.05) is 39.9 Å². The van der Waals surface area contributed by atoms with Crippen LogP contribution in [0.4, 0.5) is 0 Å². The van der Waals surface area contributed by atoms with Gasteiger partial charge in [-0.15, -0.1) is 0 Å². The minimum absolute atomic E-state index is 0.0453. The number of carbonyl (C=O) groups excluding carboxylic acids is 2. The SMILES string of the molecule is CCOCCCN(CC(C)C(=O)O)C(=O)CN(C)C(C)=O. The molecule has 0 saturated carbocycles. The van der Waals surface area contributed by atoms with Crippen LogP contribution in [0.2, 0.25) is 0 Å². The first-order chi connectivity index (χ1) is 9.79. The van der Waals surface area contributed by atoms with Crippen molar-refractivity contribution in [1.82, 2.24) is 9.80 Å². The molecule has 1 N–H and O–H groups in total. The van der Waals surface area contributed by atoms with E-state index < -0.39 is 11.9 Å². The molecule has 0 rings (SSSR count). The molecule has 0 aliphatic rings. The van der Waals surface area contributed by atoms with E-state index in [1.807, 2.05) is 6.92 Å². The van der Waals surface area contributed by atoms with Crippen LogP contribution in [-0.2, 0) is 19.1 Å². The number of amides is 2. The zero-order valence-electron chi connectivity index (χ0n) is 13.3. The van der Waals surface area contributed by atoms with Gasteiger partial charge < -0.3 is 19.6 Å². The molecular formula is C14H26N2O5. The van der Waals surface area contributed by atoms with Gasteiger partial charge in [0.1, 0.15) is 0 Å². The maximum Gasteiger partial charge on any atom is 0.308 e. The fourth-order valence-electron chi connectivity index (χ4n) is 1.64. The predicted octanol–water partition coefficient (Wildman–Crippen LogP) is 0.441. The van der Waals surface area contributed by atoms with E-state index in [0.29, 0.717) is 26.2 Å². The van der Waals surface area contributed by atoms with Gasteiger partial charge in [0.25, 0.3) is 0 Å². The monoisotopic (exact) mass is 302 g/mol. The zero-order chi connectivity index (χ0) is 16.4. The Kier molecular flexibility index (Phi) is 9.36. The molecule has 7 nitrogen and oxygen atoms in total. The molecule has 122 valence electrons. The van der Waals surface area contributed by atoms with Crippen molar-refractivity contribution >= 4 is 17.8 Å². The lowest BCUT2D eigenvalue weighted by molar-refractivity contribution is -0.144. The minimum Gasteiger partial charge on any atom is -0.481 e. The van der Waals surface area contributed by atoms with Gasteiger partial charge in [0, 0.05) is 40.3 Å². The molecule has 0 aliphatic carbocycles. The summed E-state index contributed by atoms with van der Waals surface area (Å²) in [5.74, 6) is -2.05. The standard InChI is InChI=1S/C14H26N2O5/c1-5-21-8-6-7-16(9-11(2)14(19)20)13(18)10-15(4)12(3)17/h11H,5-10H2,1-4H3,(H,19,20). The Balaban J connectivity index is 4.57. The lowest BCUT2D eigenvalue weighted by atomic mass is 10.1. The normalized spacial score (nSPS) is 11.8. The summed E-state index contributed by atoms with van der Waals surface area (Å²) in [7, 11) is 1.54. The highest BCUT2D eigenvalue weighted by molar-refractivity contribution is 5.84. The molecule has 0 aromatic rings. The van der Waals surface area contributed by atoms with Gasteiger partial charge in [-0.25, -0.2) is 0 Å². The molecule has 0 fully saturated rings. The lowest BCUT2D eigenvalue weighted by Crippen LogP contribution is -2.44. The topological polar surface area (TPSA) is 87.2 Å². The molecule has 0 aliphatic heterocycles. The number of rotatable bonds is 10. The van der Waals surface area contributed by atoms with Gasteiger partial charge in [-0.05, 0) is 13.3 Å². The molecule has 1 atom stereocenters. The van der Waals surface area contributed by atoms with Crippen LogP contribution < -0.4 is 0 Å². The highest BCUT2D eigenvalue weighted by atomic mass is 16.5. The summed E-state index contributed by atoms with van der Waals surface area (Å²) in [4.78, 5) is 37.1. The van der Waals surface area contributed by atoms with Crippen LogP contribution in [0, 0.1) is 5.92 Å². The van der Waals surface area contributed by atoms with Crippen molar-refractivity contribution in [2.45, 2.75) is 27.2 Å². The summed E-state index contributed by atoms with van der Waals surface area (Å²) < 4.78 is 5.22. The molecule has 0 aromatic carbocycles. The molecule has 0 saturated heterocycles. The van der Waals surface area contributed by atoms with Crippen LogP contribution >= 0.6 is 0 Å². The zero-order valence-corrected chi connectivity index (χ0v) is 13.3. The first kappa shape index (κ1) is 19.4. The van der Waals surface area contributed by atoms with Crippen LogP contribution in [0.1, 0.15) is 27.2 Å². The fraction of sp³-hybridized carbons (Fsp3) is 0.786. The largest absolute Gasteiger partial charge is 0.481 e. The minimum atomic E-state index is -0.947. The fourth-order valence-corrected chi connectivity index (χ4v) is 1.64. The number of nitrogens with zero attached hydrogens (tertiary/aromatic N) is 2. The Hall–Kier alpha value is -1.63. The van der Waals surface area contributed by atoms with Crippen molar-refractivity contribution in [3.05, 3.63) is 0 Å². The second-order valence-corrected chi connectivity index (χ2v) is 5.00. The Labute approximate surface area is 125 Å². The van der Waals surface area contributed by atoms with E-state index in [0.717, 1.165) is 0 Å². The first-order valence-corrected chi connectivity index (χ1v) is 7.09. The van der Waals surface area contributed by atoms with E-state index in [-0.39, 0.29) is 24.9 Å². The van der Waals surface area contributed by atoms with E-state index >= 15 is 0 Å². The molecule has 0 spiro atoms.